The summed E-state index contributed by atoms with van der Waals surface area (Å²) in [4.78, 5) is 18.5. The van der Waals surface area contributed by atoms with Crippen LogP contribution in [-0.4, -0.2) is 49.8 Å². The summed E-state index contributed by atoms with van der Waals surface area (Å²) in [6.45, 7) is 6.14. The van der Waals surface area contributed by atoms with Crippen LogP contribution in [0.1, 0.15) is 13.3 Å². The Balaban J connectivity index is 1.41. The summed E-state index contributed by atoms with van der Waals surface area (Å²) in [5.41, 5.74) is 6.24. The van der Waals surface area contributed by atoms with Crippen molar-refractivity contribution < 1.29 is 14.3 Å². The minimum Gasteiger partial charge on any atom is -0.489 e. The van der Waals surface area contributed by atoms with Gasteiger partial charge in [-0.2, -0.15) is 0 Å². The Hall–Kier alpha value is -2.64. The molecular weight excluding hydrogens is 398 g/mol. The Morgan fingerprint density at radius 1 is 1.20 bits per heavy atom. The maximum absolute atomic E-state index is 11.6. The molecule has 0 radical (unpaired) electrons. The van der Waals surface area contributed by atoms with Gasteiger partial charge in [-0.3, -0.25) is 4.79 Å². The highest BCUT2D eigenvalue weighted by molar-refractivity contribution is 7.17. The number of rotatable bonds is 5. The van der Waals surface area contributed by atoms with Gasteiger partial charge in [0, 0.05) is 37.7 Å². The molecule has 2 atom stereocenters. The zero-order valence-electron chi connectivity index (χ0n) is 17.0. The molecule has 0 bridgehead atoms. The molecule has 7 heteroatoms. The van der Waals surface area contributed by atoms with E-state index in [9.17, 15) is 4.79 Å². The minimum absolute atomic E-state index is 0.0480. The van der Waals surface area contributed by atoms with E-state index in [1.807, 2.05) is 12.4 Å². The fraction of sp³-hybridized carbons (Fsp3) is 0.391. The molecule has 156 valence electrons. The van der Waals surface area contributed by atoms with Crippen molar-refractivity contribution in [2.24, 2.45) is 5.92 Å². The third-order valence-corrected chi connectivity index (χ3v) is 6.82. The van der Waals surface area contributed by atoms with E-state index in [2.05, 4.69) is 51.6 Å². The smallest absolute Gasteiger partial charge is 0.220 e. The molecule has 1 amide bonds. The number of carbonyl (C=O) groups is 1. The van der Waals surface area contributed by atoms with Crippen LogP contribution in [0.15, 0.2) is 41.9 Å². The number of nitrogens with one attached hydrogen (secondary N) is 1. The van der Waals surface area contributed by atoms with Crippen molar-refractivity contribution in [2.75, 3.05) is 37.7 Å². The first kappa shape index (κ1) is 19.3. The maximum atomic E-state index is 11.6. The van der Waals surface area contributed by atoms with Crippen LogP contribution in [0.3, 0.4) is 0 Å². The average Bonchev–Trinajstić information content (AvgIpc) is 3.43. The number of ether oxygens (including phenoxy) is 2. The van der Waals surface area contributed by atoms with Crippen molar-refractivity contribution in [3.8, 4) is 16.9 Å². The second-order valence-corrected chi connectivity index (χ2v) is 8.77. The van der Waals surface area contributed by atoms with Crippen molar-refractivity contribution in [1.82, 2.24) is 10.3 Å². The van der Waals surface area contributed by atoms with Crippen LogP contribution in [0.2, 0.25) is 0 Å². The molecule has 5 rings (SSSR count). The van der Waals surface area contributed by atoms with Gasteiger partial charge in [-0.25, -0.2) is 4.98 Å². The molecule has 1 N–H and O–H groups in total. The van der Waals surface area contributed by atoms with Gasteiger partial charge in [0.25, 0.3) is 0 Å². The number of anilines is 1. The van der Waals surface area contributed by atoms with E-state index in [0.29, 0.717) is 13.0 Å². The second kappa shape index (κ2) is 8.24. The zero-order valence-corrected chi connectivity index (χ0v) is 17.8. The van der Waals surface area contributed by atoms with Gasteiger partial charge in [0.1, 0.15) is 11.9 Å². The molecule has 0 saturated carbocycles. The van der Waals surface area contributed by atoms with Crippen LogP contribution in [0.5, 0.6) is 5.75 Å². The van der Waals surface area contributed by atoms with Crippen molar-refractivity contribution in [3.63, 3.8) is 0 Å². The first-order chi connectivity index (χ1) is 14.7. The Labute approximate surface area is 179 Å². The summed E-state index contributed by atoms with van der Waals surface area (Å²) in [6.07, 6.45) is 0.476. The van der Waals surface area contributed by atoms with Gasteiger partial charge in [-0.05, 0) is 42.3 Å². The third-order valence-electron chi connectivity index (χ3n) is 5.96. The number of aromatic nitrogens is 1. The highest BCUT2D eigenvalue weighted by Gasteiger charge is 2.28. The lowest BCUT2D eigenvalue weighted by Crippen LogP contribution is -2.36. The molecule has 2 fully saturated rings. The summed E-state index contributed by atoms with van der Waals surface area (Å²) in [5.74, 6) is 1.14. The van der Waals surface area contributed by atoms with Crippen LogP contribution in [0.4, 0.5) is 5.69 Å². The maximum Gasteiger partial charge on any atom is 0.220 e. The van der Waals surface area contributed by atoms with E-state index in [0.717, 1.165) is 53.4 Å². The van der Waals surface area contributed by atoms with E-state index < -0.39 is 0 Å². The highest BCUT2D eigenvalue weighted by atomic mass is 32.1. The molecular formula is C23H25N3O3S. The third kappa shape index (κ3) is 3.87. The molecule has 2 aliphatic rings. The van der Waals surface area contributed by atoms with Crippen LogP contribution in [0.25, 0.3) is 21.3 Å². The molecule has 0 unspecified atom stereocenters. The lowest BCUT2D eigenvalue weighted by atomic mass is 10.0. The van der Waals surface area contributed by atoms with Gasteiger partial charge in [-0.15, -0.1) is 11.3 Å². The number of benzene rings is 2. The highest BCUT2D eigenvalue weighted by Crippen LogP contribution is 2.36. The lowest BCUT2D eigenvalue weighted by Gasteiger charge is -2.29. The Kier molecular flexibility index (Phi) is 5.31. The van der Waals surface area contributed by atoms with Gasteiger partial charge in [-0.1, -0.05) is 12.1 Å². The summed E-state index contributed by atoms with van der Waals surface area (Å²) in [7, 11) is 0. The predicted molar refractivity (Wildman–Crippen MR) is 119 cm³/mol. The second-order valence-electron chi connectivity index (χ2n) is 7.91. The SMILES string of the molecule is C[C@H](Oc1cc(-c2ccc(N3CCOCC3)cc2)cc2ncsc12)[C@@H]1CNC(=O)C1. The van der Waals surface area contributed by atoms with Gasteiger partial charge >= 0.3 is 0 Å². The molecule has 2 saturated heterocycles. The van der Waals surface area contributed by atoms with E-state index >= 15 is 0 Å². The van der Waals surface area contributed by atoms with Crippen LogP contribution in [0, 0.1) is 5.92 Å². The molecule has 3 heterocycles. The molecule has 6 nitrogen and oxygen atoms in total. The van der Waals surface area contributed by atoms with Crippen molar-refractivity contribution in [3.05, 3.63) is 41.9 Å². The van der Waals surface area contributed by atoms with E-state index in [4.69, 9.17) is 9.47 Å². The standard InChI is InChI=1S/C23H25N3O3S/c1-15(18-12-22(27)24-13-18)29-21-11-17(10-20-23(21)30-14-25-20)16-2-4-19(5-3-16)26-6-8-28-9-7-26/h2-5,10-11,14-15,18H,6-9,12-13H2,1H3,(H,24,27)/t15-,18-/m0/s1. The Bertz CT molecular complexity index is 1040. The molecule has 3 aromatic rings. The molecule has 0 aliphatic carbocycles. The first-order valence-electron chi connectivity index (χ1n) is 10.4. The van der Waals surface area contributed by atoms with Crippen LogP contribution in [-0.2, 0) is 9.53 Å². The number of thiazole rings is 1. The Morgan fingerprint density at radius 2 is 2.00 bits per heavy atom. The monoisotopic (exact) mass is 423 g/mol. The number of hydrogen-bond acceptors (Lipinski definition) is 6. The summed E-state index contributed by atoms with van der Waals surface area (Å²) in [5, 5.41) is 2.90. The lowest BCUT2D eigenvalue weighted by molar-refractivity contribution is -0.119. The van der Waals surface area contributed by atoms with Crippen molar-refractivity contribution >= 4 is 33.1 Å². The van der Waals surface area contributed by atoms with Crippen molar-refractivity contribution in [1.29, 1.82) is 0 Å². The van der Waals surface area contributed by atoms with Gasteiger partial charge in [0.15, 0.2) is 0 Å². The predicted octanol–water partition coefficient (Wildman–Crippen LogP) is 3.70. The fourth-order valence-electron chi connectivity index (χ4n) is 4.13. The zero-order chi connectivity index (χ0) is 20.5. The van der Waals surface area contributed by atoms with E-state index in [1.54, 1.807) is 11.3 Å². The molecule has 30 heavy (non-hydrogen) atoms. The molecule has 2 aliphatic heterocycles. The summed E-state index contributed by atoms with van der Waals surface area (Å²) >= 11 is 1.59. The van der Waals surface area contributed by atoms with Gasteiger partial charge < -0.3 is 19.7 Å². The van der Waals surface area contributed by atoms with Crippen LogP contribution >= 0.6 is 11.3 Å². The average molecular weight is 424 g/mol. The summed E-state index contributed by atoms with van der Waals surface area (Å²) < 4.78 is 12.9. The topological polar surface area (TPSA) is 63.7 Å². The quantitative estimate of drug-likeness (QED) is 0.678. The molecule has 2 aromatic carbocycles. The number of morpholine rings is 1. The Morgan fingerprint density at radius 3 is 2.73 bits per heavy atom. The minimum atomic E-state index is -0.0480. The van der Waals surface area contributed by atoms with Crippen molar-refractivity contribution in [2.45, 2.75) is 19.4 Å². The number of carbonyl (C=O) groups excluding carboxylic acids is 1. The largest absolute Gasteiger partial charge is 0.489 e. The fourth-order valence-corrected chi connectivity index (χ4v) is 4.86. The number of amides is 1. The summed E-state index contributed by atoms with van der Waals surface area (Å²) in [6, 6.07) is 12.9. The van der Waals surface area contributed by atoms with E-state index in [-0.39, 0.29) is 17.9 Å². The number of fused-ring (bicyclic) bond motifs is 1. The van der Waals surface area contributed by atoms with Crippen LogP contribution < -0.4 is 15.0 Å². The first-order valence-corrected chi connectivity index (χ1v) is 11.3. The van der Waals surface area contributed by atoms with Gasteiger partial charge in [0.05, 0.1) is 28.9 Å². The normalized spacial score (nSPS) is 20.4. The van der Waals surface area contributed by atoms with Gasteiger partial charge in [0.2, 0.25) is 5.91 Å². The van der Waals surface area contributed by atoms with E-state index in [1.165, 1.54) is 5.69 Å². The number of nitrogens with zero attached hydrogens (tertiary/aromatic N) is 2. The molecule has 0 spiro atoms. The molecule has 1 aromatic heterocycles. The number of hydrogen-bond donors (Lipinski definition) is 1.